The summed E-state index contributed by atoms with van der Waals surface area (Å²) in [4.78, 5) is 11.6. The van der Waals surface area contributed by atoms with Gasteiger partial charge in [-0.15, -0.1) is 0 Å². The van der Waals surface area contributed by atoms with Crippen molar-refractivity contribution in [3.63, 3.8) is 0 Å². The maximum Gasteiger partial charge on any atom is 0.406 e. The lowest BCUT2D eigenvalue weighted by Gasteiger charge is -2.47. The quantitative estimate of drug-likeness (QED) is 0.236. The van der Waals surface area contributed by atoms with E-state index in [1.807, 2.05) is 6.07 Å². The summed E-state index contributed by atoms with van der Waals surface area (Å²) in [7, 11) is -4.15. The van der Waals surface area contributed by atoms with Gasteiger partial charge in [0.2, 0.25) is 0 Å². The standard InChI is InChI=1S/C24H32N4O5S/c1-22(2,12-7-13-25)16-23(31,17-34(32,33)20-11-6-10-19(26)14-20)24(27,28-21(29)30)15-18-8-4-3-5-9-18/h3-6,8-11,14,28,31H,7,12,15-17,26-27H2,1-2H3,(H,29,30)/t23-,24-/m0/s1. The third-order valence-corrected chi connectivity index (χ3v) is 7.65. The molecule has 0 spiro atoms. The molecule has 9 nitrogen and oxygen atoms in total. The molecular formula is C24H32N4O5S. The smallest absolute Gasteiger partial charge is 0.406 e. The zero-order valence-corrected chi connectivity index (χ0v) is 20.2. The number of nitrogens with two attached hydrogens (primary N) is 2. The number of amides is 1. The van der Waals surface area contributed by atoms with E-state index < -0.39 is 38.4 Å². The highest BCUT2D eigenvalue weighted by atomic mass is 32.2. The highest BCUT2D eigenvalue weighted by molar-refractivity contribution is 7.91. The van der Waals surface area contributed by atoms with Gasteiger partial charge in [0.15, 0.2) is 9.84 Å². The van der Waals surface area contributed by atoms with Gasteiger partial charge in [0.05, 0.1) is 16.7 Å². The molecule has 0 radical (unpaired) electrons. The Morgan fingerprint density at radius 1 is 1.15 bits per heavy atom. The van der Waals surface area contributed by atoms with Crippen molar-refractivity contribution in [1.29, 1.82) is 5.26 Å². The Balaban J connectivity index is 2.63. The minimum atomic E-state index is -4.15. The molecule has 2 rings (SSSR count). The Hall–Kier alpha value is -3.13. The summed E-state index contributed by atoms with van der Waals surface area (Å²) in [5.41, 5.74) is 8.10. The number of nitrogens with zero attached hydrogens (tertiary/aromatic N) is 1. The molecule has 7 N–H and O–H groups in total. The molecule has 0 saturated carbocycles. The van der Waals surface area contributed by atoms with E-state index in [1.54, 1.807) is 44.2 Å². The van der Waals surface area contributed by atoms with Crippen molar-refractivity contribution in [3.8, 4) is 6.07 Å². The van der Waals surface area contributed by atoms with Crippen LogP contribution >= 0.6 is 0 Å². The Morgan fingerprint density at radius 2 is 1.79 bits per heavy atom. The van der Waals surface area contributed by atoms with Gasteiger partial charge in [0.1, 0.15) is 11.3 Å². The van der Waals surface area contributed by atoms with E-state index in [0.29, 0.717) is 12.0 Å². The highest BCUT2D eigenvalue weighted by Gasteiger charge is 2.53. The number of sulfone groups is 1. The maximum absolute atomic E-state index is 13.4. The Bertz CT molecular complexity index is 1150. The molecule has 10 heteroatoms. The Labute approximate surface area is 200 Å². The van der Waals surface area contributed by atoms with Crippen LogP contribution in [0.5, 0.6) is 0 Å². The van der Waals surface area contributed by atoms with Crippen LogP contribution in [0.15, 0.2) is 59.5 Å². The van der Waals surface area contributed by atoms with E-state index in [9.17, 15) is 23.4 Å². The second-order valence-electron chi connectivity index (χ2n) is 9.43. The number of hydrogen-bond acceptors (Lipinski definition) is 7. The summed E-state index contributed by atoms with van der Waals surface area (Å²) in [5, 5.41) is 32.8. The fourth-order valence-corrected chi connectivity index (χ4v) is 5.91. The molecule has 0 bridgehead atoms. The van der Waals surface area contributed by atoms with Crippen LogP contribution in [0.25, 0.3) is 0 Å². The van der Waals surface area contributed by atoms with Crippen molar-refractivity contribution in [3.05, 3.63) is 60.2 Å². The summed E-state index contributed by atoms with van der Waals surface area (Å²) in [6, 6.07) is 16.3. The molecule has 0 fully saturated rings. The maximum atomic E-state index is 13.4. The van der Waals surface area contributed by atoms with Gasteiger partial charge in [0.25, 0.3) is 0 Å². The monoisotopic (exact) mass is 488 g/mol. The van der Waals surface area contributed by atoms with Crippen LogP contribution in [-0.2, 0) is 16.3 Å². The van der Waals surface area contributed by atoms with Crippen LogP contribution in [0.2, 0.25) is 0 Å². The van der Waals surface area contributed by atoms with Crippen LogP contribution in [-0.4, -0.2) is 41.7 Å². The second kappa shape index (κ2) is 10.4. The van der Waals surface area contributed by atoms with Crippen LogP contribution < -0.4 is 16.8 Å². The zero-order chi connectivity index (χ0) is 25.6. The number of rotatable bonds is 11. The summed E-state index contributed by atoms with van der Waals surface area (Å²) in [6.45, 7) is 3.54. The number of nitrogens with one attached hydrogen (secondary N) is 1. The summed E-state index contributed by atoms with van der Waals surface area (Å²) < 4.78 is 26.8. The largest absolute Gasteiger partial charge is 0.465 e. The Kier molecular flexibility index (Phi) is 8.31. The lowest BCUT2D eigenvalue weighted by Crippen LogP contribution is -2.74. The lowest BCUT2D eigenvalue weighted by molar-refractivity contribution is -0.0619. The second-order valence-corrected chi connectivity index (χ2v) is 11.4. The van der Waals surface area contributed by atoms with E-state index in [-0.39, 0.29) is 29.8 Å². The molecule has 2 aromatic carbocycles. The molecule has 0 aromatic heterocycles. The van der Waals surface area contributed by atoms with Gasteiger partial charge in [-0.2, -0.15) is 5.26 Å². The van der Waals surface area contributed by atoms with Crippen molar-refractivity contribution in [1.82, 2.24) is 5.32 Å². The number of hydrogen-bond donors (Lipinski definition) is 5. The molecule has 0 aliphatic heterocycles. The van der Waals surface area contributed by atoms with E-state index >= 15 is 0 Å². The highest BCUT2D eigenvalue weighted by Crippen LogP contribution is 2.39. The van der Waals surface area contributed by atoms with Crippen LogP contribution in [0.3, 0.4) is 0 Å². The topological polar surface area (TPSA) is 180 Å². The SMILES string of the molecule is CC(C)(CCC#N)C[C@](O)(CS(=O)(=O)c1cccc(N)c1)[C@](N)(Cc1ccccc1)NC(=O)O. The van der Waals surface area contributed by atoms with Crippen molar-refractivity contribution in [2.75, 3.05) is 11.5 Å². The van der Waals surface area contributed by atoms with Crippen LogP contribution in [0.1, 0.15) is 38.7 Å². The number of nitrogen functional groups attached to an aromatic ring is 1. The van der Waals surface area contributed by atoms with Crippen molar-refractivity contribution in [2.45, 2.75) is 55.7 Å². The molecule has 184 valence electrons. The normalized spacial score (nSPS) is 15.5. The molecular weight excluding hydrogens is 456 g/mol. The first-order valence-electron chi connectivity index (χ1n) is 10.7. The molecule has 2 aromatic rings. The summed E-state index contributed by atoms with van der Waals surface area (Å²) in [5.74, 6) is -0.858. The molecule has 0 heterocycles. The van der Waals surface area contributed by atoms with E-state index in [4.69, 9.17) is 16.7 Å². The van der Waals surface area contributed by atoms with E-state index in [2.05, 4.69) is 5.32 Å². The summed E-state index contributed by atoms with van der Waals surface area (Å²) in [6.07, 6.45) is -1.34. The molecule has 2 atom stereocenters. The van der Waals surface area contributed by atoms with Gasteiger partial charge in [-0.3, -0.25) is 0 Å². The molecule has 34 heavy (non-hydrogen) atoms. The minimum Gasteiger partial charge on any atom is -0.465 e. The third-order valence-electron chi connectivity index (χ3n) is 5.82. The van der Waals surface area contributed by atoms with E-state index in [0.717, 1.165) is 0 Å². The summed E-state index contributed by atoms with van der Waals surface area (Å²) >= 11 is 0. The minimum absolute atomic E-state index is 0.113. The number of benzene rings is 2. The zero-order valence-electron chi connectivity index (χ0n) is 19.4. The first kappa shape index (κ1) is 27.1. The van der Waals surface area contributed by atoms with Crippen LogP contribution in [0, 0.1) is 16.7 Å². The molecule has 0 unspecified atom stereocenters. The van der Waals surface area contributed by atoms with Crippen molar-refractivity contribution in [2.24, 2.45) is 11.1 Å². The number of anilines is 1. The van der Waals surface area contributed by atoms with Crippen molar-refractivity contribution < 1.29 is 23.4 Å². The van der Waals surface area contributed by atoms with Gasteiger partial charge in [0, 0.05) is 18.5 Å². The van der Waals surface area contributed by atoms with Crippen molar-refractivity contribution >= 4 is 21.6 Å². The fraction of sp³-hybridized carbons (Fsp3) is 0.417. The first-order valence-corrected chi connectivity index (χ1v) is 12.4. The molecule has 1 amide bonds. The van der Waals surface area contributed by atoms with Gasteiger partial charge in [-0.1, -0.05) is 50.2 Å². The van der Waals surface area contributed by atoms with Gasteiger partial charge < -0.3 is 27.0 Å². The number of carbonyl (C=O) groups is 1. The number of carboxylic acid groups (broad SMARTS) is 1. The Morgan fingerprint density at radius 3 is 2.35 bits per heavy atom. The molecule has 0 aliphatic carbocycles. The predicted molar refractivity (Wildman–Crippen MR) is 129 cm³/mol. The average Bonchev–Trinajstić information content (AvgIpc) is 2.71. The first-order chi connectivity index (χ1) is 15.7. The molecule has 0 saturated heterocycles. The van der Waals surface area contributed by atoms with Gasteiger partial charge in [-0.25, -0.2) is 13.2 Å². The number of nitriles is 1. The third kappa shape index (κ3) is 6.93. The van der Waals surface area contributed by atoms with Gasteiger partial charge >= 0.3 is 6.09 Å². The van der Waals surface area contributed by atoms with E-state index in [1.165, 1.54) is 24.3 Å². The predicted octanol–water partition coefficient (Wildman–Crippen LogP) is 2.66. The fourth-order valence-electron chi connectivity index (χ4n) is 4.15. The number of aliphatic hydroxyl groups is 1. The molecule has 0 aliphatic rings. The average molecular weight is 489 g/mol. The lowest BCUT2D eigenvalue weighted by atomic mass is 9.71. The van der Waals surface area contributed by atoms with Crippen LogP contribution in [0.4, 0.5) is 10.5 Å². The van der Waals surface area contributed by atoms with Gasteiger partial charge in [-0.05, 0) is 42.0 Å².